The maximum absolute atomic E-state index is 9.10. The van der Waals surface area contributed by atoms with Gasteiger partial charge in [-0.1, -0.05) is 6.07 Å². The summed E-state index contributed by atoms with van der Waals surface area (Å²) in [5, 5.41) is 18.0. The van der Waals surface area contributed by atoms with Crippen molar-refractivity contribution in [1.82, 2.24) is 0 Å². The monoisotopic (exact) mass is 196 g/mol. The van der Waals surface area contributed by atoms with Crippen LogP contribution in [0.1, 0.15) is 11.1 Å². The molecule has 2 rings (SSSR count). The van der Waals surface area contributed by atoms with Crippen LogP contribution in [0.3, 0.4) is 0 Å². The van der Waals surface area contributed by atoms with E-state index in [0.717, 1.165) is 11.1 Å². The smallest absolute Gasteiger partial charge is 0.231 e. The number of aliphatic hydroxyl groups excluding tert-OH is 2. The molecule has 1 aromatic carbocycles. The lowest BCUT2D eigenvalue weighted by molar-refractivity contribution is 0.172. The summed E-state index contributed by atoms with van der Waals surface area (Å²) in [7, 11) is 0. The van der Waals surface area contributed by atoms with Crippen molar-refractivity contribution in [1.29, 1.82) is 0 Å². The summed E-state index contributed by atoms with van der Waals surface area (Å²) in [4.78, 5) is 0. The first-order chi connectivity index (χ1) is 6.86. The Labute approximate surface area is 81.7 Å². The maximum Gasteiger partial charge on any atom is 0.231 e. The summed E-state index contributed by atoms with van der Waals surface area (Å²) < 4.78 is 10.5. The third-order valence-electron chi connectivity index (χ3n) is 2.27. The van der Waals surface area contributed by atoms with Crippen LogP contribution in [0.5, 0.6) is 11.5 Å². The van der Waals surface area contributed by atoms with E-state index in [-0.39, 0.29) is 20.0 Å². The van der Waals surface area contributed by atoms with E-state index < -0.39 is 0 Å². The Kier molecular flexibility index (Phi) is 2.56. The molecule has 4 nitrogen and oxygen atoms in total. The minimum atomic E-state index is -0.0496. The fourth-order valence-electron chi connectivity index (χ4n) is 1.60. The van der Waals surface area contributed by atoms with E-state index in [4.69, 9.17) is 19.7 Å². The highest BCUT2D eigenvalue weighted by molar-refractivity contribution is 5.52. The van der Waals surface area contributed by atoms with Crippen molar-refractivity contribution in [3.63, 3.8) is 0 Å². The van der Waals surface area contributed by atoms with Gasteiger partial charge in [-0.05, 0) is 18.1 Å². The Bertz CT molecular complexity index is 335. The van der Waals surface area contributed by atoms with Gasteiger partial charge in [0.1, 0.15) is 0 Å². The molecule has 1 aliphatic rings. The van der Waals surface area contributed by atoms with Crippen LogP contribution in [0.15, 0.2) is 12.1 Å². The molecule has 0 unspecified atom stereocenters. The molecule has 2 N–H and O–H groups in total. The highest BCUT2D eigenvalue weighted by Crippen LogP contribution is 2.37. The zero-order chi connectivity index (χ0) is 9.97. The fraction of sp³-hybridized carbons (Fsp3) is 0.400. The number of rotatable bonds is 3. The Hall–Kier alpha value is -1.26. The summed E-state index contributed by atoms with van der Waals surface area (Å²) in [6.07, 6.45) is 0.475. The quantitative estimate of drug-likeness (QED) is 0.736. The average Bonchev–Trinajstić information content (AvgIpc) is 2.67. The molecule has 0 aromatic heterocycles. The minimum Gasteiger partial charge on any atom is -0.454 e. The molecule has 4 heteroatoms. The first kappa shape index (κ1) is 9.30. The second kappa shape index (κ2) is 3.86. The molecule has 0 amide bonds. The van der Waals surface area contributed by atoms with Gasteiger partial charge in [-0.3, -0.25) is 0 Å². The van der Waals surface area contributed by atoms with Crippen LogP contribution in [-0.2, 0) is 13.0 Å². The van der Waals surface area contributed by atoms with Gasteiger partial charge in [-0.2, -0.15) is 0 Å². The zero-order valence-electron chi connectivity index (χ0n) is 7.69. The van der Waals surface area contributed by atoms with Gasteiger partial charge in [-0.15, -0.1) is 0 Å². The molecule has 0 atom stereocenters. The predicted octanol–water partition coefficient (Wildman–Crippen LogP) is 0.442. The summed E-state index contributed by atoms with van der Waals surface area (Å²) in [5.74, 6) is 1.34. The molecule has 0 saturated heterocycles. The van der Waals surface area contributed by atoms with Crippen LogP contribution in [-0.4, -0.2) is 23.6 Å². The third kappa shape index (κ3) is 1.42. The van der Waals surface area contributed by atoms with Gasteiger partial charge in [0.2, 0.25) is 6.79 Å². The average molecular weight is 196 g/mol. The lowest BCUT2D eigenvalue weighted by Gasteiger charge is -2.08. The molecule has 76 valence electrons. The number of hydrogen-bond donors (Lipinski definition) is 2. The van der Waals surface area contributed by atoms with Crippen molar-refractivity contribution >= 4 is 0 Å². The largest absolute Gasteiger partial charge is 0.454 e. The summed E-state index contributed by atoms with van der Waals surface area (Å²) in [6.45, 7) is 0.196. The van der Waals surface area contributed by atoms with Crippen LogP contribution >= 0.6 is 0 Å². The second-order valence-corrected chi connectivity index (χ2v) is 3.07. The van der Waals surface area contributed by atoms with Gasteiger partial charge < -0.3 is 19.7 Å². The van der Waals surface area contributed by atoms with Crippen LogP contribution in [0, 0.1) is 0 Å². The van der Waals surface area contributed by atoms with Gasteiger partial charge in [0, 0.05) is 12.2 Å². The molecule has 0 saturated carbocycles. The molecule has 1 aromatic rings. The standard InChI is InChI=1S/C10H12O4/c11-4-3-8-7(5-12)1-2-9-10(8)14-6-13-9/h1-2,11-12H,3-6H2. The number of benzene rings is 1. The molecule has 0 radical (unpaired) electrons. The topological polar surface area (TPSA) is 58.9 Å². The van der Waals surface area contributed by atoms with Gasteiger partial charge in [0.15, 0.2) is 11.5 Å². The van der Waals surface area contributed by atoms with E-state index in [1.807, 2.05) is 0 Å². The van der Waals surface area contributed by atoms with Crippen molar-refractivity contribution in [3.05, 3.63) is 23.3 Å². The van der Waals surface area contributed by atoms with Crippen LogP contribution in [0.2, 0.25) is 0 Å². The van der Waals surface area contributed by atoms with Gasteiger partial charge in [-0.25, -0.2) is 0 Å². The highest BCUT2D eigenvalue weighted by atomic mass is 16.7. The predicted molar refractivity (Wildman–Crippen MR) is 49.3 cm³/mol. The van der Waals surface area contributed by atoms with Gasteiger partial charge >= 0.3 is 0 Å². The molecule has 0 aliphatic carbocycles. The van der Waals surface area contributed by atoms with Gasteiger partial charge in [0.05, 0.1) is 6.61 Å². The van der Waals surface area contributed by atoms with Crippen molar-refractivity contribution in [2.45, 2.75) is 13.0 Å². The number of aliphatic hydroxyl groups is 2. The molecule has 1 aliphatic heterocycles. The summed E-state index contributed by atoms with van der Waals surface area (Å²) in [5.41, 5.74) is 1.62. The SMILES string of the molecule is OCCc1c(CO)ccc2c1OCO2. The van der Waals surface area contributed by atoms with Crippen molar-refractivity contribution in [3.8, 4) is 11.5 Å². The lowest BCUT2D eigenvalue weighted by atomic mass is 10.0. The normalized spacial score (nSPS) is 13.3. The lowest BCUT2D eigenvalue weighted by Crippen LogP contribution is -2.00. The van der Waals surface area contributed by atoms with E-state index in [2.05, 4.69) is 0 Å². The zero-order valence-corrected chi connectivity index (χ0v) is 7.69. The molecule has 0 bridgehead atoms. The fourth-order valence-corrected chi connectivity index (χ4v) is 1.60. The summed E-state index contributed by atoms with van der Waals surface area (Å²) in [6, 6.07) is 3.56. The molecular weight excluding hydrogens is 184 g/mol. The molecule has 1 heterocycles. The number of ether oxygens (including phenoxy) is 2. The second-order valence-electron chi connectivity index (χ2n) is 3.07. The van der Waals surface area contributed by atoms with E-state index in [9.17, 15) is 0 Å². The van der Waals surface area contributed by atoms with Crippen molar-refractivity contribution < 1.29 is 19.7 Å². The number of fused-ring (bicyclic) bond motifs is 1. The molecule has 14 heavy (non-hydrogen) atoms. The van der Waals surface area contributed by atoms with Gasteiger partial charge in [0.25, 0.3) is 0 Å². The van der Waals surface area contributed by atoms with E-state index in [1.165, 1.54) is 0 Å². The first-order valence-corrected chi connectivity index (χ1v) is 4.49. The van der Waals surface area contributed by atoms with E-state index in [1.54, 1.807) is 12.1 Å². The third-order valence-corrected chi connectivity index (χ3v) is 2.27. The van der Waals surface area contributed by atoms with E-state index in [0.29, 0.717) is 17.9 Å². The van der Waals surface area contributed by atoms with Crippen molar-refractivity contribution in [2.75, 3.05) is 13.4 Å². The Balaban J connectivity index is 2.45. The van der Waals surface area contributed by atoms with Crippen LogP contribution in [0.4, 0.5) is 0 Å². The first-order valence-electron chi connectivity index (χ1n) is 4.49. The maximum atomic E-state index is 9.10. The van der Waals surface area contributed by atoms with Crippen LogP contribution in [0.25, 0.3) is 0 Å². The molecule has 0 spiro atoms. The van der Waals surface area contributed by atoms with Crippen molar-refractivity contribution in [2.24, 2.45) is 0 Å². The Morgan fingerprint density at radius 2 is 2.07 bits per heavy atom. The highest BCUT2D eigenvalue weighted by Gasteiger charge is 2.19. The minimum absolute atomic E-state index is 0.0345. The summed E-state index contributed by atoms with van der Waals surface area (Å²) >= 11 is 0. The van der Waals surface area contributed by atoms with E-state index >= 15 is 0 Å². The Morgan fingerprint density at radius 1 is 1.21 bits per heavy atom. The Morgan fingerprint density at radius 3 is 2.79 bits per heavy atom. The number of hydrogen-bond acceptors (Lipinski definition) is 4. The molecular formula is C10H12O4. The van der Waals surface area contributed by atoms with Crippen LogP contribution < -0.4 is 9.47 Å². The molecule has 0 fully saturated rings.